The molecule has 0 aliphatic carbocycles. The first-order valence-corrected chi connectivity index (χ1v) is 12.9. The van der Waals surface area contributed by atoms with Gasteiger partial charge in [-0.1, -0.05) is 39.7 Å². The zero-order chi connectivity index (χ0) is 26.8. The Hall–Kier alpha value is -3.95. The molecule has 0 radical (unpaired) electrons. The van der Waals surface area contributed by atoms with Crippen molar-refractivity contribution in [3.05, 3.63) is 92.1 Å². The second kappa shape index (κ2) is 10.8. The zero-order valence-electron chi connectivity index (χ0n) is 20.4. The lowest BCUT2D eigenvalue weighted by molar-refractivity contribution is -0.150. The summed E-state index contributed by atoms with van der Waals surface area (Å²) in [7, 11) is 0. The number of esters is 1. The van der Waals surface area contributed by atoms with Crippen LogP contribution < -0.4 is 10.3 Å². The maximum Gasteiger partial charge on any atom is 0.347 e. The molecule has 0 N–H and O–H groups in total. The molecule has 1 atom stereocenters. The first kappa shape index (κ1) is 25.7. The summed E-state index contributed by atoms with van der Waals surface area (Å²) in [6.07, 6.45) is 0.568. The molecule has 0 amide bonds. The van der Waals surface area contributed by atoms with Crippen LogP contribution in [0.4, 0.5) is 0 Å². The monoisotopic (exact) mass is 593 g/mol. The molecule has 5 rings (SSSR count). The molecular formula is C28H21BrClN3O5. The van der Waals surface area contributed by atoms with Gasteiger partial charge in [-0.05, 0) is 68.4 Å². The number of fused-ring (bicyclic) bond motifs is 2. The molecule has 0 saturated heterocycles. The van der Waals surface area contributed by atoms with Gasteiger partial charge in [-0.2, -0.15) is 9.78 Å². The van der Waals surface area contributed by atoms with E-state index in [4.69, 9.17) is 30.5 Å². The Morgan fingerprint density at radius 3 is 2.82 bits per heavy atom. The van der Waals surface area contributed by atoms with Crippen LogP contribution in [0.5, 0.6) is 5.75 Å². The van der Waals surface area contributed by atoms with Crippen molar-refractivity contribution in [1.82, 2.24) is 9.66 Å². The molecule has 0 spiro atoms. The van der Waals surface area contributed by atoms with E-state index in [-0.39, 0.29) is 18.0 Å². The molecule has 192 valence electrons. The molecule has 0 saturated carbocycles. The Labute approximate surface area is 230 Å². The van der Waals surface area contributed by atoms with Crippen LogP contribution in [0.3, 0.4) is 0 Å². The highest BCUT2D eigenvalue weighted by Crippen LogP contribution is 2.29. The fourth-order valence-corrected chi connectivity index (χ4v) is 4.42. The van der Waals surface area contributed by atoms with Crippen LogP contribution in [0.1, 0.15) is 19.4 Å². The topological polar surface area (TPSA) is 95.9 Å². The molecule has 0 aliphatic rings. The normalized spacial score (nSPS) is 12.3. The number of carbonyl (C=O) groups excluding carboxylic acids is 1. The number of hydrogen-bond acceptors (Lipinski definition) is 7. The minimum absolute atomic E-state index is 0.224. The number of hydrogen-bond donors (Lipinski definition) is 0. The molecule has 0 fully saturated rings. The molecule has 0 aliphatic heterocycles. The highest BCUT2D eigenvalue weighted by molar-refractivity contribution is 9.10. The SMILES string of the molecule is CCOC(=O)[C@H](C)Oc1ccc(Cl)cc1C=Nn1c(-c2cc3cc(Br)ccc3o2)nc2ccccc2c1=O. The van der Waals surface area contributed by atoms with Crippen LogP contribution in [0.15, 0.2) is 85.5 Å². The molecule has 3 aromatic carbocycles. The van der Waals surface area contributed by atoms with Gasteiger partial charge < -0.3 is 13.9 Å². The quantitative estimate of drug-likeness (QED) is 0.159. The van der Waals surface area contributed by atoms with Crippen LogP contribution in [-0.2, 0) is 9.53 Å². The molecule has 5 aromatic rings. The summed E-state index contributed by atoms with van der Waals surface area (Å²) in [5.41, 5.74) is 1.22. The summed E-state index contributed by atoms with van der Waals surface area (Å²) >= 11 is 9.70. The smallest absolute Gasteiger partial charge is 0.347 e. The number of rotatable bonds is 7. The lowest BCUT2D eigenvalue weighted by Crippen LogP contribution is -2.26. The van der Waals surface area contributed by atoms with Gasteiger partial charge in [0.2, 0.25) is 5.82 Å². The van der Waals surface area contributed by atoms with Crippen LogP contribution >= 0.6 is 27.5 Å². The van der Waals surface area contributed by atoms with Gasteiger partial charge in [-0.25, -0.2) is 9.78 Å². The second-order valence-electron chi connectivity index (χ2n) is 8.30. The van der Waals surface area contributed by atoms with Gasteiger partial charge in [0.05, 0.1) is 23.7 Å². The van der Waals surface area contributed by atoms with E-state index in [1.165, 1.54) is 10.9 Å². The fourth-order valence-electron chi connectivity index (χ4n) is 3.86. The van der Waals surface area contributed by atoms with Crippen molar-refractivity contribution < 1.29 is 18.7 Å². The average molecular weight is 595 g/mol. The predicted octanol–water partition coefficient (Wildman–Crippen LogP) is 6.44. The highest BCUT2D eigenvalue weighted by Gasteiger charge is 2.19. The van der Waals surface area contributed by atoms with E-state index < -0.39 is 12.1 Å². The van der Waals surface area contributed by atoms with Gasteiger partial charge in [0.1, 0.15) is 11.3 Å². The molecular weight excluding hydrogens is 574 g/mol. The van der Waals surface area contributed by atoms with Crippen molar-refractivity contribution in [2.75, 3.05) is 6.61 Å². The summed E-state index contributed by atoms with van der Waals surface area (Å²) in [6, 6.07) is 19.3. The first-order valence-electron chi connectivity index (χ1n) is 11.7. The fraction of sp³-hybridized carbons (Fsp3) is 0.143. The van der Waals surface area contributed by atoms with Crippen molar-refractivity contribution in [3.63, 3.8) is 0 Å². The van der Waals surface area contributed by atoms with E-state index in [2.05, 4.69) is 21.0 Å². The van der Waals surface area contributed by atoms with Gasteiger partial charge in [0.25, 0.3) is 5.56 Å². The maximum atomic E-state index is 13.5. The zero-order valence-corrected chi connectivity index (χ0v) is 22.7. The molecule has 0 bridgehead atoms. The number of nitrogens with zero attached hydrogens (tertiary/aromatic N) is 3. The van der Waals surface area contributed by atoms with Gasteiger partial charge in [-0.3, -0.25) is 4.79 Å². The van der Waals surface area contributed by atoms with Crippen molar-refractivity contribution in [3.8, 4) is 17.3 Å². The number of ether oxygens (including phenoxy) is 2. The summed E-state index contributed by atoms with van der Waals surface area (Å²) in [5, 5.41) is 6.13. The maximum absolute atomic E-state index is 13.5. The molecule has 10 heteroatoms. The Balaban J connectivity index is 1.63. The summed E-state index contributed by atoms with van der Waals surface area (Å²) in [5.74, 6) is 0.438. The number of aromatic nitrogens is 2. The van der Waals surface area contributed by atoms with Gasteiger partial charge >= 0.3 is 5.97 Å². The number of para-hydroxylation sites is 1. The van der Waals surface area contributed by atoms with E-state index in [0.717, 1.165) is 9.86 Å². The first-order chi connectivity index (χ1) is 18.3. The van der Waals surface area contributed by atoms with Crippen molar-refractivity contribution in [1.29, 1.82) is 0 Å². The van der Waals surface area contributed by atoms with Crippen molar-refractivity contribution in [2.24, 2.45) is 5.10 Å². The summed E-state index contributed by atoms with van der Waals surface area (Å²) < 4.78 is 19.0. The third-order valence-electron chi connectivity index (χ3n) is 5.66. The van der Waals surface area contributed by atoms with Crippen LogP contribution in [0.25, 0.3) is 33.5 Å². The number of carbonyl (C=O) groups is 1. The lowest BCUT2D eigenvalue weighted by Gasteiger charge is -2.15. The van der Waals surface area contributed by atoms with Crippen LogP contribution in [0.2, 0.25) is 5.02 Å². The largest absolute Gasteiger partial charge is 0.478 e. The molecule has 2 heterocycles. The van der Waals surface area contributed by atoms with Gasteiger partial charge in [0.15, 0.2) is 11.9 Å². The molecule has 38 heavy (non-hydrogen) atoms. The lowest BCUT2D eigenvalue weighted by atomic mass is 10.2. The molecule has 0 unspecified atom stereocenters. The third-order valence-corrected chi connectivity index (χ3v) is 6.39. The third kappa shape index (κ3) is 5.20. The minimum Gasteiger partial charge on any atom is -0.478 e. The summed E-state index contributed by atoms with van der Waals surface area (Å²) in [4.78, 5) is 30.3. The molecule has 8 nitrogen and oxygen atoms in total. The Morgan fingerprint density at radius 1 is 1.18 bits per heavy atom. The van der Waals surface area contributed by atoms with E-state index >= 15 is 0 Å². The van der Waals surface area contributed by atoms with E-state index in [1.807, 2.05) is 24.3 Å². The van der Waals surface area contributed by atoms with E-state index in [1.54, 1.807) is 56.3 Å². The van der Waals surface area contributed by atoms with E-state index in [0.29, 0.717) is 38.6 Å². The van der Waals surface area contributed by atoms with Gasteiger partial charge in [0, 0.05) is 20.4 Å². The van der Waals surface area contributed by atoms with E-state index in [9.17, 15) is 9.59 Å². The number of furan rings is 1. The second-order valence-corrected chi connectivity index (χ2v) is 9.65. The minimum atomic E-state index is -0.862. The number of halogens is 2. The van der Waals surface area contributed by atoms with Crippen molar-refractivity contribution >= 4 is 61.6 Å². The standard InChI is InChI=1S/C28H21BrClN3O5/c1-3-36-28(35)16(2)37-24-11-9-20(30)13-18(24)15-31-33-26(32-22-7-5-4-6-21(22)27(33)34)25-14-17-12-19(29)8-10-23(17)38-25/h4-16H,3H2,1-2H3/t16-/m0/s1. The van der Waals surface area contributed by atoms with Crippen LogP contribution in [-0.4, -0.2) is 34.6 Å². The number of benzene rings is 3. The van der Waals surface area contributed by atoms with Gasteiger partial charge in [-0.15, -0.1) is 0 Å². The Kier molecular flexibility index (Phi) is 7.31. The molecule has 2 aromatic heterocycles. The average Bonchev–Trinajstić information content (AvgIpc) is 3.32. The Bertz CT molecular complexity index is 1760. The Morgan fingerprint density at radius 2 is 2.00 bits per heavy atom. The van der Waals surface area contributed by atoms with Crippen LogP contribution in [0, 0.1) is 0 Å². The predicted molar refractivity (Wildman–Crippen MR) is 150 cm³/mol. The highest BCUT2D eigenvalue weighted by atomic mass is 79.9. The summed E-state index contributed by atoms with van der Waals surface area (Å²) in [6.45, 7) is 3.54. The van der Waals surface area contributed by atoms with Crippen molar-refractivity contribution in [2.45, 2.75) is 20.0 Å².